The van der Waals surface area contributed by atoms with Crippen molar-refractivity contribution in [3.05, 3.63) is 64.7 Å². The fourth-order valence-corrected chi connectivity index (χ4v) is 2.96. The molecule has 4 N–H and O–H groups in total. The lowest BCUT2D eigenvalue weighted by Crippen LogP contribution is -2.40. The number of halogens is 1. The molecule has 0 radical (unpaired) electrons. The first-order chi connectivity index (χ1) is 15.3. The highest BCUT2D eigenvalue weighted by atomic mass is 35.5. The van der Waals surface area contributed by atoms with Crippen molar-refractivity contribution >= 4 is 41.1 Å². The molecule has 1 heterocycles. The molecule has 0 aliphatic carbocycles. The Morgan fingerprint density at radius 3 is 2.59 bits per heavy atom. The predicted molar refractivity (Wildman–Crippen MR) is 118 cm³/mol. The summed E-state index contributed by atoms with van der Waals surface area (Å²) < 4.78 is 0. The van der Waals surface area contributed by atoms with E-state index in [1.807, 2.05) is 0 Å². The van der Waals surface area contributed by atoms with Gasteiger partial charge in [-0.25, -0.2) is 5.10 Å². The maximum atomic E-state index is 12.4. The molecule has 0 saturated carbocycles. The van der Waals surface area contributed by atoms with Crippen LogP contribution in [0, 0.1) is 0 Å². The van der Waals surface area contributed by atoms with Crippen LogP contribution in [-0.2, 0) is 20.8 Å². The average Bonchev–Trinajstić information content (AvgIpc) is 3.28. The van der Waals surface area contributed by atoms with Crippen molar-refractivity contribution in [2.45, 2.75) is 19.4 Å². The summed E-state index contributed by atoms with van der Waals surface area (Å²) in [5.41, 5.74) is 2.37. The highest BCUT2D eigenvalue weighted by Gasteiger charge is 2.15. The fourth-order valence-electron chi connectivity index (χ4n) is 2.78. The van der Waals surface area contributed by atoms with Gasteiger partial charge in [0.15, 0.2) is 5.82 Å². The number of hydrogen-bond acceptors (Lipinski definition) is 6. The number of anilines is 1. The van der Waals surface area contributed by atoms with Gasteiger partial charge in [0.05, 0.1) is 6.42 Å². The van der Waals surface area contributed by atoms with Crippen LogP contribution in [0.1, 0.15) is 18.1 Å². The van der Waals surface area contributed by atoms with Crippen molar-refractivity contribution in [1.29, 1.82) is 0 Å². The number of benzene rings is 2. The van der Waals surface area contributed by atoms with Gasteiger partial charge in [-0.15, -0.1) is 5.10 Å². The van der Waals surface area contributed by atoms with Gasteiger partial charge in [-0.05, 0) is 64.9 Å². The Morgan fingerprint density at radius 2 is 1.94 bits per heavy atom. The number of tetrazole rings is 1. The first-order valence-corrected chi connectivity index (χ1v) is 9.83. The summed E-state index contributed by atoms with van der Waals surface area (Å²) >= 11 is 6.05. The topological polar surface area (TPSA) is 150 Å². The third kappa shape index (κ3) is 6.22. The molecule has 0 aliphatic heterocycles. The number of nitrogens with zero attached hydrogens (tertiary/aromatic N) is 3. The molecule has 0 spiro atoms. The van der Waals surface area contributed by atoms with E-state index < -0.39 is 23.8 Å². The summed E-state index contributed by atoms with van der Waals surface area (Å²) in [5.74, 6) is -1.42. The Hall–Kier alpha value is -4.05. The van der Waals surface area contributed by atoms with Crippen molar-refractivity contribution in [2.24, 2.45) is 0 Å². The molecule has 0 saturated heterocycles. The maximum Gasteiger partial charge on any atom is 0.307 e. The van der Waals surface area contributed by atoms with Crippen LogP contribution in [0.25, 0.3) is 17.5 Å². The Morgan fingerprint density at radius 1 is 1.19 bits per heavy atom. The van der Waals surface area contributed by atoms with E-state index in [9.17, 15) is 14.4 Å². The molecule has 1 aromatic heterocycles. The van der Waals surface area contributed by atoms with Crippen LogP contribution in [0.15, 0.2) is 48.5 Å². The zero-order valence-electron chi connectivity index (χ0n) is 16.9. The van der Waals surface area contributed by atoms with Gasteiger partial charge in [-0.2, -0.15) is 0 Å². The van der Waals surface area contributed by atoms with Crippen LogP contribution in [0.4, 0.5) is 5.69 Å². The number of aromatic amines is 1. The second kappa shape index (κ2) is 10.3. The molecule has 0 fully saturated rings. The molecule has 11 heteroatoms. The molecule has 3 aromatic rings. The number of H-pyrrole nitrogens is 1. The molecule has 32 heavy (non-hydrogen) atoms. The van der Waals surface area contributed by atoms with Gasteiger partial charge < -0.3 is 15.7 Å². The number of hydrogen-bond donors (Lipinski definition) is 4. The minimum absolute atomic E-state index is 0.103. The number of carbonyl (C=O) groups excluding carboxylic acids is 2. The number of aliphatic carboxylic acids is 1. The van der Waals surface area contributed by atoms with Crippen LogP contribution in [-0.4, -0.2) is 49.6 Å². The third-order valence-corrected chi connectivity index (χ3v) is 4.59. The fraction of sp³-hybridized carbons (Fsp3) is 0.143. The number of carboxylic acids is 1. The largest absolute Gasteiger partial charge is 0.481 e. The lowest BCUT2D eigenvalue weighted by Gasteiger charge is -2.13. The lowest BCUT2D eigenvalue weighted by molar-refractivity contribution is -0.136. The molecular formula is C21H19ClN6O4. The van der Waals surface area contributed by atoms with E-state index in [1.165, 1.54) is 6.08 Å². The summed E-state index contributed by atoms with van der Waals surface area (Å²) in [7, 11) is 0. The van der Waals surface area contributed by atoms with Gasteiger partial charge in [-0.1, -0.05) is 23.7 Å². The van der Waals surface area contributed by atoms with Crippen LogP contribution in [0.3, 0.4) is 0 Å². The highest BCUT2D eigenvalue weighted by molar-refractivity contribution is 6.30. The van der Waals surface area contributed by atoms with E-state index in [0.717, 1.165) is 0 Å². The van der Waals surface area contributed by atoms with Crippen LogP contribution in [0.2, 0.25) is 5.02 Å². The van der Waals surface area contributed by atoms with E-state index in [-0.39, 0.29) is 6.42 Å². The van der Waals surface area contributed by atoms with Gasteiger partial charge in [0.25, 0.3) is 0 Å². The summed E-state index contributed by atoms with van der Waals surface area (Å²) in [4.78, 5) is 35.4. The van der Waals surface area contributed by atoms with E-state index >= 15 is 0 Å². The van der Waals surface area contributed by atoms with Gasteiger partial charge in [0.2, 0.25) is 11.8 Å². The van der Waals surface area contributed by atoms with E-state index in [1.54, 1.807) is 55.5 Å². The third-order valence-electron chi connectivity index (χ3n) is 4.36. The van der Waals surface area contributed by atoms with Gasteiger partial charge in [0, 0.05) is 22.3 Å². The maximum absolute atomic E-state index is 12.4. The molecule has 1 atom stereocenters. The van der Waals surface area contributed by atoms with Gasteiger partial charge in [0.1, 0.15) is 6.04 Å². The molecule has 0 bridgehead atoms. The number of nitrogens with one attached hydrogen (secondary N) is 3. The lowest BCUT2D eigenvalue weighted by atomic mass is 10.1. The first kappa shape index (κ1) is 22.6. The van der Waals surface area contributed by atoms with Crippen LogP contribution >= 0.6 is 11.6 Å². The quantitative estimate of drug-likeness (QED) is 0.381. The minimum Gasteiger partial charge on any atom is -0.481 e. The second-order valence-corrected chi connectivity index (χ2v) is 7.24. The standard InChI is InChI=1S/C21H19ClN6O4/c1-12(21(32)24-16-6-2-13(3-7-16)10-19(30)31)23-18(29)9-4-14-11-15(22)5-8-17(14)20-25-27-28-26-20/h2-9,11-12H,10H2,1H3,(H,23,29)(H,24,32)(H,30,31)(H,25,26,27,28)/b9-4+/t12-/m0/s1. The molecule has 2 amide bonds. The number of aromatic nitrogens is 4. The number of amides is 2. The average molecular weight is 455 g/mol. The number of rotatable bonds is 8. The first-order valence-electron chi connectivity index (χ1n) is 9.45. The van der Waals surface area contributed by atoms with Crippen molar-refractivity contribution in [3.63, 3.8) is 0 Å². The van der Waals surface area contributed by atoms with Crippen LogP contribution in [0.5, 0.6) is 0 Å². The van der Waals surface area contributed by atoms with Gasteiger partial charge >= 0.3 is 5.97 Å². The predicted octanol–water partition coefficient (Wildman–Crippen LogP) is 2.30. The molecular weight excluding hydrogens is 436 g/mol. The molecule has 164 valence electrons. The Labute approximate surface area is 187 Å². The van der Waals surface area contributed by atoms with Crippen molar-refractivity contribution in [1.82, 2.24) is 25.9 Å². The monoisotopic (exact) mass is 454 g/mol. The van der Waals surface area contributed by atoms with Crippen molar-refractivity contribution in [3.8, 4) is 11.4 Å². The molecule has 2 aromatic carbocycles. The van der Waals surface area contributed by atoms with E-state index in [2.05, 4.69) is 31.3 Å². The Bertz CT molecular complexity index is 1150. The number of carboxylic acid groups (broad SMARTS) is 1. The normalized spacial score (nSPS) is 11.8. The van der Waals surface area contributed by atoms with Crippen molar-refractivity contribution < 1.29 is 19.5 Å². The second-order valence-electron chi connectivity index (χ2n) is 6.80. The molecule has 3 rings (SSSR count). The molecule has 10 nitrogen and oxygen atoms in total. The van der Waals surface area contributed by atoms with Gasteiger partial charge in [-0.3, -0.25) is 14.4 Å². The zero-order chi connectivity index (χ0) is 23.1. The Balaban J connectivity index is 1.60. The SMILES string of the molecule is C[C@H](NC(=O)/C=C/c1cc(Cl)ccc1-c1nnn[nH]1)C(=O)Nc1ccc(CC(=O)O)cc1. The minimum atomic E-state index is -0.937. The van der Waals surface area contributed by atoms with E-state index in [4.69, 9.17) is 16.7 Å². The molecule has 0 aliphatic rings. The smallest absolute Gasteiger partial charge is 0.307 e. The Kier molecular flexibility index (Phi) is 7.29. The summed E-state index contributed by atoms with van der Waals surface area (Å²) in [6.45, 7) is 1.55. The zero-order valence-corrected chi connectivity index (χ0v) is 17.6. The van der Waals surface area contributed by atoms with Crippen molar-refractivity contribution in [2.75, 3.05) is 5.32 Å². The summed E-state index contributed by atoms with van der Waals surface area (Å²) in [6.07, 6.45) is 2.72. The van der Waals surface area contributed by atoms with E-state index in [0.29, 0.717) is 33.2 Å². The molecule has 0 unspecified atom stereocenters. The highest BCUT2D eigenvalue weighted by Crippen LogP contribution is 2.24. The summed E-state index contributed by atoms with van der Waals surface area (Å²) in [5, 5.41) is 28.1. The number of carbonyl (C=O) groups is 3. The summed E-state index contributed by atoms with van der Waals surface area (Å²) in [6, 6.07) is 10.7. The van der Waals surface area contributed by atoms with Crippen LogP contribution < -0.4 is 10.6 Å².